The van der Waals surface area contributed by atoms with Gasteiger partial charge in [-0.25, -0.2) is 0 Å². The monoisotopic (exact) mass is 415 g/mol. The van der Waals surface area contributed by atoms with Crippen molar-refractivity contribution in [2.24, 2.45) is 0 Å². The van der Waals surface area contributed by atoms with Crippen molar-refractivity contribution in [3.8, 4) is 17.0 Å². The van der Waals surface area contributed by atoms with E-state index >= 15 is 0 Å². The summed E-state index contributed by atoms with van der Waals surface area (Å²) >= 11 is 0. The summed E-state index contributed by atoms with van der Waals surface area (Å²) in [6, 6.07) is 21.0. The Labute approximate surface area is 174 Å². The first-order chi connectivity index (χ1) is 14.7. The van der Waals surface area contributed by atoms with Gasteiger partial charge in [0.1, 0.15) is 5.75 Å². The Balaban J connectivity index is 1.51. The van der Waals surface area contributed by atoms with Crippen molar-refractivity contribution in [3.05, 3.63) is 78.8 Å². The lowest BCUT2D eigenvalue weighted by Crippen LogP contribution is -2.05. The maximum Gasteiger partial charge on any atom is 0.177 e. The number of hydrogen-bond acceptors (Lipinski definition) is 6. The largest absolute Gasteiger partial charge is 0.497 e. The molecule has 3 heterocycles. The molecule has 2 aromatic carbocycles. The van der Waals surface area contributed by atoms with Gasteiger partial charge in [0.2, 0.25) is 0 Å². The molecule has 3 aromatic heterocycles. The normalized spacial score (nSPS) is 12.3. The predicted octanol–water partition coefficient (Wildman–Crippen LogP) is 3.66. The Bertz CT molecular complexity index is 1380. The fourth-order valence-electron chi connectivity index (χ4n) is 3.31. The molecule has 0 saturated heterocycles. The Hall–Kier alpha value is -3.65. The number of nitrogens with zero attached hydrogens (tertiary/aromatic N) is 5. The number of pyridine rings is 1. The van der Waals surface area contributed by atoms with Crippen LogP contribution in [0.3, 0.4) is 0 Å². The highest BCUT2D eigenvalue weighted by molar-refractivity contribution is 7.84. The van der Waals surface area contributed by atoms with Gasteiger partial charge in [0.05, 0.1) is 39.8 Å². The van der Waals surface area contributed by atoms with E-state index in [-0.39, 0.29) is 5.75 Å². The molecule has 0 aliphatic heterocycles. The third kappa shape index (κ3) is 3.31. The van der Waals surface area contributed by atoms with Gasteiger partial charge in [-0.2, -0.15) is 9.61 Å². The Kier molecular flexibility index (Phi) is 4.68. The number of benzene rings is 2. The predicted molar refractivity (Wildman–Crippen MR) is 115 cm³/mol. The second kappa shape index (κ2) is 7.64. The van der Waals surface area contributed by atoms with Crippen LogP contribution in [-0.2, 0) is 16.6 Å². The minimum atomic E-state index is -1.35. The van der Waals surface area contributed by atoms with Crippen LogP contribution in [0.4, 0.5) is 0 Å². The van der Waals surface area contributed by atoms with Crippen molar-refractivity contribution in [1.82, 2.24) is 24.8 Å². The number of fused-ring (bicyclic) bond motifs is 2. The SMILES string of the molecule is COc1ccc2c(S(=O)Cc3nnc4ccc(-c5ccccc5)nn34)ccnc2c1. The molecule has 0 N–H and O–H groups in total. The summed E-state index contributed by atoms with van der Waals surface area (Å²) in [7, 11) is 0.260. The van der Waals surface area contributed by atoms with Gasteiger partial charge in [-0.05, 0) is 30.3 Å². The van der Waals surface area contributed by atoms with E-state index in [9.17, 15) is 4.21 Å². The van der Waals surface area contributed by atoms with E-state index in [1.54, 1.807) is 23.9 Å². The lowest BCUT2D eigenvalue weighted by molar-refractivity contribution is 0.415. The molecule has 5 aromatic rings. The van der Waals surface area contributed by atoms with Crippen molar-refractivity contribution in [2.45, 2.75) is 10.6 Å². The maximum atomic E-state index is 13.2. The standard InChI is InChI=1S/C22H17N5O2S/c1-29-16-7-8-17-19(13-16)23-12-11-20(17)30(28)14-22-25-24-21-10-9-18(26-27(21)22)15-5-3-2-4-6-15/h2-13H,14H2,1H3. The second-order valence-corrected chi connectivity index (χ2v) is 8.07. The number of rotatable bonds is 5. The highest BCUT2D eigenvalue weighted by atomic mass is 32.2. The molecular weight excluding hydrogens is 398 g/mol. The van der Waals surface area contributed by atoms with Crippen LogP contribution in [0.1, 0.15) is 5.82 Å². The minimum Gasteiger partial charge on any atom is -0.497 e. The van der Waals surface area contributed by atoms with Crippen LogP contribution in [-0.4, -0.2) is 36.1 Å². The molecule has 7 nitrogen and oxygen atoms in total. The number of methoxy groups -OCH3 is 1. The molecule has 0 radical (unpaired) electrons. The number of hydrogen-bond donors (Lipinski definition) is 0. The molecule has 0 aliphatic carbocycles. The summed E-state index contributed by atoms with van der Waals surface area (Å²) in [5.74, 6) is 1.44. The van der Waals surface area contributed by atoms with Gasteiger partial charge in [-0.15, -0.1) is 10.2 Å². The van der Waals surface area contributed by atoms with Crippen LogP contribution >= 0.6 is 0 Å². The summed E-state index contributed by atoms with van der Waals surface area (Å²) < 4.78 is 20.1. The zero-order valence-electron chi connectivity index (χ0n) is 16.1. The Morgan fingerprint density at radius 1 is 1.00 bits per heavy atom. The quantitative estimate of drug-likeness (QED) is 0.436. The van der Waals surface area contributed by atoms with E-state index < -0.39 is 10.8 Å². The first-order valence-electron chi connectivity index (χ1n) is 9.31. The van der Waals surface area contributed by atoms with Gasteiger partial charge in [0.15, 0.2) is 11.5 Å². The second-order valence-electron chi connectivity index (χ2n) is 6.65. The smallest absolute Gasteiger partial charge is 0.177 e. The van der Waals surface area contributed by atoms with Crippen LogP contribution in [0.5, 0.6) is 5.75 Å². The molecule has 5 rings (SSSR count). The van der Waals surface area contributed by atoms with E-state index in [4.69, 9.17) is 4.74 Å². The summed E-state index contributed by atoms with van der Waals surface area (Å²) in [5.41, 5.74) is 3.15. The van der Waals surface area contributed by atoms with Crippen molar-refractivity contribution in [3.63, 3.8) is 0 Å². The molecule has 0 fully saturated rings. The average Bonchev–Trinajstić information content (AvgIpc) is 3.20. The topological polar surface area (TPSA) is 82.3 Å². The average molecular weight is 415 g/mol. The van der Waals surface area contributed by atoms with E-state index in [1.807, 2.05) is 60.7 Å². The van der Waals surface area contributed by atoms with Gasteiger partial charge in [-0.3, -0.25) is 9.19 Å². The molecule has 1 unspecified atom stereocenters. The zero-order chi connectivity index (χ0) is 20.5. The molecule has 148 valence electrons. The van der Waals surface area contributed by atoms with Crippen LogP contribution in [0.15, 0.2) is 77.8 Å². The molecular formula is C22H17N5O2S. The zero-order valence-corrected chi connectivity index (χ0v) is 16.9. The molecule has 8 heteroatoms. The van der Waals surface area contributed by atoms with Crippen molar-refractivity contribution < 1.29 is 8.95 Å². The first kappa shape index (κ1) is 18.4. The van der Waals surface area contributed by atoms with Gasteiger partial charge < -0.3 is 4.74 Å². The fourth-order valence-corrected chi connectivity index (χ4v) is 4.51. The van der Waals surface area contributed by atoms with Gasteiger partial charge >= 0.3 is 0 Å². The van der Waals surface area contributed by atoms with Gasteiger partial charge in [0, 0.05) is 23.2 Å². The molecule has 0 saturated carbocycles. The van der Waals surface area contributed by atoms with Crippen LogP contribution in [0, 0.1) is 0 Å². The van der Waals surface area contributed by atoms with E-state index in [2.05, 4.69) is 20.3 Å². The lowest BCUT2D eigenvalue weighted by Gasteiger charge is -2.07. The van der Waals surface area contributed by atoms with Crippen molar-refractivity contribution in [1.29, 1.82) is 0 Å². The van der Waals surface area contributed by atoms with Gasteiger partial charge in [-0.1, -0.05) is 30.3 Å². The highest BCUT2D eigenvalue weighted by Gasteiger charge is 2.16. The third-order valence-electron chi connectivity index (χ3n) is 4.81. The molecule has 0 amide bonds. The third-order valence-corrected chi connectivity index (χ3v) is 6.18. The highest BCUT2D eigenvalue weighted by Crippen LogP contribution is 2.25. The first-order valence-corrected chi connectivity index (χ1v) is 10.6. The van der Waals surface area contributed by atoms with E-state index in [1.165, 1.54) is 0 Å². The fraction of sp³-hybridized carbons (Fsp3) is 0.0909. The van der Waals surface area contributed by atoms with E-state index in [0.717, 1.165) is 22.2 Å². The molecule has 1 atom stereocenters. The maximum absolute atomic E-state index is 13.2. The van der Waals surface area contributed by atoms with Crippen molar-refractivity contribution in [2.75, 3.05) is 7.11 Å². The summed E-state index contributed by atoms with van der Waals surface area (Å²) in [5, 5.41) is 13.9. The molecule has 0 bridgehead atoms. The Morgan fingerprint density at radius 2 is 1.87 bits per heavy atom. The van der Waals surface area contributed by atoms with E-state index in [0.29, 0.717) is 22.1 Å². The van der Waals surface area contributed by atoms with Crippen molar-refractivity contribution >= 4 is 27.3 Å². The summed E-state index contributed by atoms with van der Waals surface area (Å²) in [6.07, 6.45) is 1.66. The molecule has 30 heavy (non-hydrogen) atoms. The van der Waals surface area contributed by atoms with Crippen LogP contribution in [0.2, 0.25) is 0 Å². The van der Waals surface area contributed by atoms with Crippen LogP contribution < -0.4 is 4.74 Å². The molecule has 0 spiro atoms. The lowest BCUT2D eigenvalue weighted by atomic mass is 10.1. The summed E-state index contributed by atoms with van der Waals surface area (Å²) in [6.45, 7) is 0. The van der Waals surface area contributed by atoms with Gasteiger partial charge in [0.25, 0.3) is 0 Å². The summed E-state index contributed by atoms with van der Waals surface area (Å²) in [4.78, 5) is 5.06. The Morgan fingerprint density at radius 3 is 2.70 bits per heavy atom. The number of ether oxygens (including phenoxy) is 1. The molecule has 0 aliphatic rings. The van der Waals surface area contributed by atoms with Crippen LogP contribution in [0.25, 0.3) is 27.8 Å². The minimum absolute atomic E-state index is 0.192. The number of aromatic nitrogens is 5.